The van der Waals surface area contributed by atoms with Gasteiger partial charge in [-0.3, -0.25) is 0 Å². The fourth-order valence-corrected chi connectivity index (χ4v) is 16.8. The van der Waals surface area contributed by atoms with Crippen LogP contribution >= 0.6 is 0 Å². The zero-order chi connectivity index (χ0) is 17.8. The highest BCUT2D eigenvalue weighted by Gasteiger charge is 2.49. The van der Waals surface area contributed by atoms with Crippen LogP contribution in [0.15, 0.2) is 0 Å². The molecule has 0 radical (unpaired) electrons. The molecule has 0 bridgehead atoms. The van der Waals surface area contributed by atoms with Gasteiger partial charge in [0.25, 0.3) is 0 Å². The van der Waals surface area contributed by atoms with Gasteiger partial charge in [0.2, 0.25) is 0 Å². The van der Waals surface area contributed by atoms with Crippen LogP contribution in [0, 0.1) is 0 Å². The predicted octanol–water partition coefficient (Wildman–Crippen LogP) is 3.34. The zero-order valence-corrected chi connectivity index (χ0v) is 19.8. The Labute approximate surface area is 141 Å². The van der Waals surface area contributed by atoms with E-state index < -0.39 is 40.9 Å². The molecule has 0 aliphatic heterocycles. The van der Waals surface area contributed by atoms with E-state index in [1.165, 1.54) is 0 Å². The lowest BCUT2D eigenvalue weighted by atomic mass is 9.85. The molecule has 0 atom stereocenters. The SMILES string of the molecule is C[Si](C)(C)O[Si](CCCB(O)O)(O[Si](C)(C)C)O[Si](C)(C)C. The van der Waals surface area contributed by atoms with Crippen LogP contribution in [0.1, 0.15) is 6.42 Å². The highest BCUT2D eigenvalue weighted by Crippen LogP contribution is 2.30. The molecule has 0 aromatic heterocycles. The van der Waals surface area contributed by atoms with E-state index in [0.717, 1.165) is 0 Å². The quantitative estimate of drug-likeness (QED) is 0.567. The van der Waals surface area contributed by atoms with Crippen molar-refractivity contribution in [3.8, 4) is 0 Å². The fourth-order valence-electron chi connectivity index (χ4n) is 2.12. The standard InChI is InChI=1S/C12H35BO5Si4/c1-19(2,3)16-22(17-20(4,5)6,18-21(7,8)9)12-10-11-13(14)15/h14-15H,10-12H2,1-9H3. The predicted molar refractivity (Wildman–Crippen MR) is 103 cm³/mol. The summed E-state index contributed by atoms with van der Waals surface area (Å²) in [6.45, 7) is 19.3. The molecular formula is C12H35BO5Si4. The molecule has 0 unspecified atom stereocenters. The molecule has 0 aromatic carbocycles. The second-order valence-corrected chi connectivity index (χ2v) is 25.7. The van der Waals surface area contributed by atoms with Crippen molar-refractivity contribution in [2.45, 2.75) is 77.7 Å². The lowest BCUT2D eigenvalue weighted by molar-refractivity contribution is 0.251. The van der Waals surface area contributed by atoms with Gasteiger partial charge in [-0.05, 0) is 65.2 Å². The van der Waals surface area contributed by atoms with E-state index in [1.54, 1.807) is 0 Å². The molecular weight excluding hydrogens is 347 g/mol. The second-order valence-electron chi connectivity index (χ2n) is 8.70. The summed E-state index contributed by atoms with van der Waals surface area (Å²) in [5, 5.41) is 18.2. The molecule has 0 saturated carbocycles. The fraction of sp³-hybridized carbons (Fsp3) is 1.00. The number of hydrogen-bond donors (Lipinski definition) is 2. The third-order valence-corrected chi connectivity index (χ3v) is 14.4. The molecule has 22 heavy (non-hydrogen) atoms. The van der Waals surface area contributed by atoms with Crippen LogP contribution in [0.4, 0.5) is 0 Å². The summed E-state index contributed by atoms with van der Waals surface area (Å²) in [7, 11) is -9.60. The largest absolute Gasteiger partial charge is 0.469 e. The summed E-state index contributed by atoms with van der Waals surface area (Å²) < 4.78 is 19.5. The molecule has 0 aliphatic rings. The van der Waals surface area contributed by atoms with Crippen molar-refractivity contribution in [1.82, 2.24) is 0 Å². The minimum absolute atomic E-state index is 0.327. The third kappa shape index (κ3) is 12.2. The van der Waals surface area contributed by atoms with Crippen molar-refractivity contribution < 1.29 is 22.4 Å². The van der Waals surface area contributed by atoms with Crippen LogP contribution in [0.2, 0.25) is 71.3 Å². The Balaban J connectivity index is 5.39. The molecule has 0 spiro atoms. The maximum absolute atomic E-state index is 9.12. The van der Waals surface area contributed by atoms with Crippen LogP contribution in [-0.4, -0.2) is 50.9 Å². The first-order valence-corrected chi connectivity index (χ1v) is 20.2. The van der Waals surface area contributed by atoms with E-state index in [9.17, 15) is 0 Å². The van der Waals surface area contributed by atoms with Gasteiger partial charge in [-0.15, -0.1) is 0 Å². The summed E-state index contributed by atoms with van der Waals surface area (Å²) >= 11 is 0. The first-order chi connectivity index (χ1) is 9.54. The smallest absolute Gasteiger partial charge is 0.427 e. The van der Waals surface area contributed by atoms with Crippen molar-refractivity contribution in [3.05, 3.63) is 0 Å². The van der Waals surface area contributed by atoms with Crippen LogP contribution in [-0.2, 0) is 12.3 Å². The average Bonchev–Trinajstić information content (AvgIpc) is 2.05. The molecule has 0 aromatic rings. The summed E-state index contributed by atoms with van der Waals surface area (Å²) in [4.78, 5) is 0. The number of hydrogen-bond acceptors (Lipinski definition) is 5. The van der Waals surface area contributed by atoms with Crippen molar-refractivity contribution in [2.75, 3.05) is 0 Å². The second kappa shape index (κ2) is 8.21. The first-order valence-electron chi connectivity index (χ1n) is 8.00. The highest BCUT2D eigenvalue weighted by molar-refractivity contribution is 6.90. The lowest BCUT2D eigenvalue weighted by Gasteiger charge is -2.43. The minimum Gasteiger partial charge on any atom is -0.427 e. The van der Waals surface area contributed by atoms with Gasteiger partial charge >= 0.3 is 15.9 Å². The van der Waals surface area contributed by atoms with E-state index in [-0.39, 0.29) is 0 Å². The Bertz CT molecular complexity index is 295. The summed E-state index contributed by atoms with van der Waals surface area (Å²) in [5.74, 6) is 0. The van der Waals surface area contributed by atoms with Crippen molar-refractivity contribution in [2.24, 2.45) is 0 Å². The van der Waals surface area contributed by atoms with Crippen LogP contribution in [0.3, 0.4) is 0 Å². The van der Waals surface area contributed by atoms with Crippen LogP contribution < -0.4 is 0 Å². The van der Waals surface area contributed by atoms with E-state index in [2.05, 4.69) is 58.9 Å². The van der Waals surface area contributed by atoms with Crippen molar-refractivity contribution in [1.29, 1.82) is 0 Å². The monoisotopic (exact) mass is 382 g/mol. The van der Waals surface area contributed by atoms with E-state index >= 15 is 0 Å². The summed E-state index contributed by atoms with van der Waals surface area (Å²) in [6.07, 6.45) is 0.969. The maximum atomic E-state index is 9.12. The average molecular weight is 383 g/mol. The zero-order valence-electron chi connectivity index (χ0n) is 15.8. The van der Waals surface area contributed by atoms with Crippen molar-refractivity contribution in [3.63, 3.8) is 0 Å². The molecule has 0 heterocycles. The van der Waals surface area contributed by atoms with Gasteiger partial charge in [0.15, 0.2) is 25.0 Å². The first kappa shape index (κ1) is 22.7. The number of rotatable bonds is 10. The van der Waals surface area contributed by atoms with E-state index in [1.807, 2.05) is 0 Å². The van der Waals surface area contributed by atoms with Crippen molar-refractivity contribution >= 4 is 40.9 Å². The molecule has 0 aliphatic carbocycles. The highest BCUT2D eigenvalue weighted by atomic mass is 28.5. The Morgan fingerprint density at radius 1 is 0.682 bits per heavy atom. The Morgan fingerprint density at radius 3 is 1.23 bits per heavy atom. The molecule has 0 rings (SSSR count). The topological polar surface area (TPSA) is 68.2 Å². The van der Waals surface area contributed by atoms with E-state index in [4.69, 9.17) is 22.4 Å². The normalized spacial score (nSPS) is 14.3. The summed E-state index contributed by atoms with van der Waals surface area (Å²) in [5.41, 5.74) is 0. The van der Waals surface area contributed by atoms with Crippen LogP contribution in [0.5, 0.6) is 0 Å². The maximum Gasteiger partial charge on any atom is 0.469 e. The molecule has 10 heteroatoms. The molecule has 0 fully saturated rings. The van der Waals surface area contributed by atoms with Crippen LogP contribution in [0.25, 0.3) is 0 Å². The molecule has 0 saturated heterocycles. The van der Waals surface area contributed by atoms with Gasteiger partial charge in [0, 0.05) is 6.04 Å². The summed E-state index contributed by atoms with van der Waals surface area (Å²) in [6, 6.07) is 0.656. The molecule has 132 valence electrons. The Kier molecular flexibility index (Phi) is 8.48. The molecule has 5 nitrogen and oxygen atoms in total. The van der Waals surface area contributed by atoms with Gasteiger partial charge in [0.1, 0.15) is 0 Å². The minimum atomic E-state index is -2.81. The van der Waals surface area contributed by atoms with E-state index in [0.29, 0.717) is 18.8 Å². The van der Waals surface area contributed by atoms with Gasteiger partial charge in [-0.25, -0.2) is 0 Å². The third-order valence-electron chi connectivity index (χ3n) is 2.33. The Hall–Kier alpha value is 0.732. The van der Waals surface area contributed by atoms with Gasteiger partial charge < -0.3 is 22.4 Å². The van der Waals surface area contributed by atoms with Gasteiger partial charge in [0.05, 0.1) is 0 Å². The van der Waals surface area contributed by atoms with Gasteiger partial charge in [-0.2, -0.15) is 0 Å². The van der Waals surface area contributed by atoms with Gasteiger partial charge in [-0.1, -0.05) is 6.42 Å². The Morgan fingerprint density at radius 2 is 1.00 bits per heavy atom. The molecule has 0 amide bonds. The molecule has 2 N–H and O–H groups in total. The lowest BCUT2D eigenvalue weighted by Crippen LogP contribution is -2.60.